The topological polar surface area (TPSA) is 111 Å². The number of carbonyl (C=O) groups is 3. The van der Waals surface area contributed by atoms with Gasteiger partial charge in [0.2, 0.25) is 17.7 Å². The van der Waals surface area contributed by atoms with Crippen molar-refractivity contribution in [3.63, 3.8) is 0 Å². The van der Waals surface area contributed by atoms with Crippen LogP contribution in [0, 0.1) is 11.8 Å². The molecule has 228 valence electrons. The molecule has 0 radical (unpaired) electrons. The molecule has 0 saturated carbocycles. The number of amides is 3. The Hall–Kier alpha value is -5.20. The zero-order valence-electron chi connectivity index (χ0n) is 25.0. The first-order valence-corrected chi connectivity index (χ1v) is 15.3. The van der Waals surface area contributed by atoms with Gasteiger partial charge in [-0.15, -0.1) is 11.8 Å². The van der Waals surface area contributed by atoms with Crippen molar-refractivity contribution in [3.8, 4) is 23.3 Å². The highest BCUT2D eigenvalue weighted by atomic mass is 32.2. The Balaban J connectivity index is 1.32. The summed E-state index contributed by atoms with van der Waals surface area (Å²) in [7, 11) is 3.19. The fourth-order valence-electron chi connectivity index (χ4n) is 5.03. The van der Waals surface area contributed by atoms with E-state index in [4.69, 9.17) is 15.2 Å². The molecule has 0 aromatic heterocycles. The molecule has 9 heteroatoms. The van der Waals surface area contributed by atoms with Crippen molar-refractivity contribution in [1.82, 2.24) is 5.32 Å². The van der Waals surface area contributed by atoms with E-state index in [1.54, 1.807) is 43.4 Å². The highest BCUT2D eigenvalue weighted by Gasteiger charge is 2.42. The molecule has 8 nitrogen and oxygen atoms in total. The van der Waals surface area contributed by atoms with Gasteiger partial charge in [0, 0.05) is 35.3 Å². The molecule has 1 aliphatic rings. The minimum Gasteiger partial charge on any atom is -0.497 e. The number of anilines is 1. The lowest BCUT2D eigenvalue weighted by Crippen LogP contribution is -2.34. The molecule has 0 aliphatic carbocycles. The predicted octanol–water partition coefficient (Wildman–Crippen LogP) is 5.10. The Bertz CT molecular complexity index is 1750. The van der Waals surface area contributed by atoms with E-state index in [2.05, 4.69) is 17.2 Å². The molecule has 1 heterocycles. The maximum atomic E-state index is 13.8. The summed E-state index contributed by atoms with van der Waals surface area (Å²) in [5.74, 6) is 6.70. The van der Waals surface area contributed by atoms with Gasteiger partial charge >= 0.3 is 0 Å². The fourth-order valence-corrected chi connectivity index (χ4v) is 6.48. The summed E-state index contributed by atoms with van der Waals surface area (Å²) < 4.78 is 10.8. The van der Waals surface area contributed by atoms with Crippen molar-refractivity contribution in [2.75, 3.05) is 25.7 Å². The Morgan fingerprint density at radius 1 is 0.889 bits per heavy atom. The second kappa shape index (κ2) is 14.5. The third kappa shape index (κ3) is 7.66. The quantitative estimate of drug-likeness (QED) is 0.239. The molecular weight excluding hydrogens is 586 g/mol. The van der Waals surface area contributed by atoms with Gasteiger partial charge in [-0.3, -0.25) is 19.3 Å². The van der Waals surface area contributed by atoms with Crippen LogP contribution in [0.1, 0.15) is 44.4 Å². The summed E-state index contributed by atoms with van der Waals surface area (Å²) >= 11 is 1.40. The number of primary amides is 1. The summed E-state index contributed by atoms with van der Waals surface area (Å²) in [5, 5.41) is 1.89. The van der Waals surface area contributed by atoms with E-state index in [0.717, 1.165) is 22.3 Å². The lowest BCUT2D eigenvalue weighted by Gasteiger charge is -2.24. The Morgan fingerprint density at radius 3 is 2.31 bits per heavy atom. The molecule has 4 aromatic rings. The van der Waals surface area contributed by atoms with Gasteiger partial charge in [0.15, 0.2) is 0 Å². The molecule has 0 bridgehead atoms. The van der Waals surface area contributed by atoms with Crippen LogP contribution in [0.3, 0.4) is 0 Å². The Kier molecular flexibility index (Phi) is 10.1. The second-order valence-electron chi connectivity index (χ2n) is 10.3. The number of hydrogen-bond donors (Lipinski definition) is 2. The summed E-state index contributed by atoms with van der Waals surface area (Å²) in [4.78, 5) is 40.5. The van der Waals surface area contributed by atoms with E-state index in [0.29, 0.717) is 35.7 Å². The molecular formula is C36H33N3O5S. The molecule has 0 unspecified atom stereocenters. The van der Waals surface area contributed by atoms with Crippen molar-refractivity contribution in [2.24, 2.45) is 5.73 Å². The molecule has 45 heavy (non-hydrogen) atoms. The third-order valence-electron chi connectivity index (χ3n) is 7.35. The summed E-state index contributed by atoms with van der Waals surface area (Å²) in [6.45, 7) is 0.368. The van der Waals surface area contributed by atoms with Crippen LogP contribution in [0.25, 0.3) is 0 Å². The molecule has 4 aromatic carbocycles. The van der Waals surface area contributed by atoms with E-state index < -0.39 is 16.5 Å². The highest BCUT2D eigenvalue weighted by Crippen LogP contribution is 2.46. The SMILES string of the molecule is COc1ccc(OC)c(CCNC(=O)C[C@H]2S[C@@H](c3ccc(C#Cc4ccccc4)cc3)N(c3cccc(C(N)=O)c3)C2=O)c1. The monoisotopic (exact) mass is 619 g/mol. The zero-order valence-corrected chi connectivity index (χ0v) is 25.8. The van der Waals surface area contributed by atoms with Crippen LogP contribution >= 0.6 is 11.8 Å². The maximum absolute atomic E-state index is 13.8. The number of methoxy groups -OCH3 is 2. The Labute approximate surface area is 266 Å². The number of hydrogen-bond acceptors (Lipinski definition) is 6. The molecule has 3 N–H and O–H groups in total. The summed E-state index contributed by atoms with van der Waals surface area (Å²) in [6.07, 6.45) is 0.536. The van der Waals surface area contributed by atoms with Crippen LogP contribution in [0.5, 0.6) is 11.5 Å². The van der Waals surface area contributed by atoms with Gasteiger partial charge in [0.25, 0.3) is 0 Å². The number of nitrogens with zero attached hydrogens (tertiary/aromatic N) is 1. The minimum atomic E-state index is -0.629. The van der Waals surface area contributed by atoms with Crippen LogP contribution < -0.4 is 25.4 Å². The standard InChI is InChI=1S/C36H33N3O5S/c1-43-30-17-18-31(44-2)27(22-30)19-20-38-33(40)23-32-35(42)39(29-10-6-9-28(21-29)34(37)41)36(45-32)26-15-13-25(14-16-26)12-11-24-7-4-3-5-8-24/h3-10,13-18,21-22,32,36H,19-20,23H2,1-2H3,(H2,37,41)(H,38,40)/t32-,36+/m1/s1. The number of benzene rings is 4. The summed E-state index contributed by atoms with van der Waals surface area (Å²) in [6, 6.07) is 29.6. The Morgan fingerprint density at radius 2 is 1.62 bits per heavy atom. The minimum absolute atomic E-state index is 0.00188. The van der Waals surface area contributed by atoms with Crippen molar-refractivity contribution in [2.45, 2.75) is 23.5 Å². The van der Waals surface area contributed by atoms with Crippen LogP contribution in [0.2, 0.25) is 0 Å². The number of carbonyl (C=O) groups excluding carboxylic acids is 3. The van der Waals surface area contributed by atoms with E-state index >= 15 is 0 Å². The molecule has 1 fully saturated rings. The highest BCUT2D eigenvalue weighted by molar-refractivity contribution is 8.01. The summed E-state index contributed by atoms with van der Waals surface area (Å²) in [5.41, 5.74) is 9.90. The molecule has 3 amide bonds. The average Bonchev–Trinajstić information content (AvgIpc) is 3.39. The number of nitrogens with two attached hydrogens (primary N) is 1. The van der Waals surface area contributed by atoms with Gasteiger partial charge in [-0.05, 0) is 78.2 Å². The fraction of sp³-hybridized carbons (Fsp3) is 0.194. The number of thioether (sulfide) groups is 1. The van der Waals surface area contributed by atoms with Crippen molar-refractivity contribution in [3.05, 3.63) is 125 Å². The van der Waals surface area contributed by atoms with E-state index in [9.17, 15) is 14.4 Å². The van der Waals surface area contributed by atoms with Gasteiger partial charge in [0.1, 0.15) is 16.9 Å². The van der Waals surface area contributed by atoms with Crippen LogP contribution in [-0.4, -0.2) is 43.7 Å². The van der Waals surface area contributed by atoms with Crippen molar-refractivity contribution in [1.29, 1.82) is 0 Å². The van der Waals surface area contributed by atoms with E-state index in [-0.39, 0.29) is 18.2 Å². The van der Waals surface area contributed by atoms with Gasteiger partial charge in [0.05, 0.1) is 19.5 Å². The molecule has 0 spiro atoms. The number of nitrogens with one attached hydrogen (secondary N) is 1. The van der Waals surface area contributed by atoms with Crippen molar-refractivity contribution < 1.29 is 23.9 Å². The van der Waals surface area contributed by atoms with E-state index in [1.165, 1.54) is 11.8 Å². The largest absolute Gasteiger partial charge is 0.497 e. The number of ether oxygens (including phenoxy) is 2. The lowest BCUT2D eigenvalue weighted by atomic mass is 10.1. The van der Waals surface area contributed by atoms with Crippen molar-refractivity contribution >= 4 is 35.2 Å². The first kappa shape index (κ1) is 31.2. The molecule has 1 saturated heterocycles. The first-order chi connectivity index (χ1) is 21.9. The first-order valence-electron chi connectivity index (χ1n) is 14.4. The maximum Gasteiger partial charge on any atom is 0.248 e. The lowest BCUT2D eigenvalue weighted by molar-refractivity contribution is -0.124. The van der Waals surface area contributed by atoms with Gasteiger partial charge in [-0.2, -0.15) is 0 Å². The molecule has 5 rings (SSSR count). The van der Waals surface area contributed by atoms with E-state index in [1.807, 2.05) is 72.8 Å². The van der Waals surface area contributed by atoms with Crippen LogP contribution in [0.4, 0.5) is 5.69 Å². The third-order valence-corrected chi connectivity index (χ3v) is 8.78. The average molecular weight is 620 g/mol. The van der Waals surface area contributed by atoms with Crippen LogP contribution in [-0.2, 0) is 16.0 Å². The predicted molar refractivity (Wildman–Crippen MR) is 176 cm³/mol. The normalized spacial score (nSPS) is 15.6. The van der Waals surface area contributed by atoms with Gasteiger partial charge < -0.3 is 20.5 Å². The second-order valence-corrected chi connectivity index (χ2v) is 11.6. The molecule has 2 atom stereocenters. The van der Waals surface area contributed by atoms with Gasteiger partial charge in [-0.25, -0.2) is 0 Å². The molecule has 1 aliphatic heterocycles. The van der Waals surface area contributed by atoms with Gasteiger partial charge in [-0.1, -0.05) is 48.2 Å². The number of rotatable bonds is 10. The van der Waals surface area contributed by atoms with Crippen LogP contribution in [0.15, 0.2) is 97.1 Å². The smallest absolute Gasteiger partial charge is 0.248 e. The zero-order chi connectivity index (χ0) is 31.8.